The molecule has 3 aromatic rings. The second kappa shape index (κ2) is 6.30. The van der Waals surface area contributed by atoms with Gasteiger partial charge in [0.1, 0.15) is 5.65 Å². The van der Waals surface area contributed by atoms with Gasteiger partial charge in [-0.05, 0) is 49.2 Å². The second-order valence-corrected chi connectivity index (χ2v) is 8.02. The van der Waals surface area contributed by atoms with Crippen LogP contribution < -0.4 is 10.0 Å². The number of sulfonamides is 1. The summed E-state index contributed by atoms with van der Waals surface area (Å²) in [6, 6.07) is 11.6. The van der Waals surface area contributed by atoms with Crippen LogP contribution in [0.5, 0.6) is 0 Å². The van der Waals surface area contributed by atoms with Crippen LogP contribution >= 0.6 is 11.6 Å². The van der Waals surface area contributed by atoms with Crippen LogP contribution in [0.1, 0.15) is 23.2 Å². The van der Waals surface area contributed by atoms with Crippen molar-refractivity contribution in [2.45, 2.75) is 23.9 Å². The van der Waals surface area contributed by atoms with Crippen LogP contribution in [-0.4, -0.2) is 29.8 Å². The SMILES string of the molecule is O=C(NC1CC1)c1ccc(NS(=O)(=O)c2c(Cl)nc3ccccn23)cc1. The Kier molecular flexibility index (Phi) is 4.08. The zero-order chi connectivity index (χ0) is 18.3. The number of aromatic nitrogens is 2. The summed E-state index contributed by atoms with van der Waals surface area (Å²) in [5.74, 6) is -0.160. The Morgan fingerprint density at radius 1 is 1.15 bits per heavy atom. The minimum absolute atomic E-state index is 0.107. The maximum absolute atomic E-state index is 12.7. The molecule has 1 saturated carbocycles. The quantitative estimate of drug-likeness (QED) is 0.700. The van der Waals surface area contributed by atoms with E-state index in [-0.39, 0.29) is 22.1 Å². The first-order valence-corrected chi connectivity index (χ1v) is 9.86. The zero-order valence-corrected chi connectivity index (χ0v) is 15.1. The van der Waals surface area contributed by atoms with Crippen molar-refractivity contribution < 1.29 is 13.2 Å². The highest BCUT2D eigenvalue weighted by Gasteiger charge is 2.25. The van der Waals surface area contributed by atoms with Gasteiger partial charge in [-0.15, -0.1) is 0 Å². The molecule has 26 heavy (non-hydrogen) atoms. The number of halogens is 1. The van der Waals surface area contributed by atoms with Crippen molar-refractivity contribution in [3.8, 4) is 0 Å². The molecule has 1 aliphatic rings. The lowest BCUT2D eigenvalue weighted by atomic mass is 10.2. The number of fused-ring (bicyclic) bond motifs is 1. The molecule has 1 aliphatic carbocycles. The minimum Gasteiger partial charge on any atom is -0.349 e. The molecule has 2 heterocycles. The Labute approximate surface area is 155 Å². The first-order chi connectivity index (χ1) is 12.4. The van der Waals surface area contributed by atoms with Crippen molar-refractivity contribution in [1.29, 1.82) is 0 Å². The summed E-state index contributed by atoms with van der Waals surface area (Å²) < 4.78 is 29.3. The first-order valence-electron chi connectivity index (χ1n) is 8.00. The van der Waals surface area contributed by atoms with Gasteiger partial charge in [-0.2, -0.15) is 8.42 Å². The molecule has 1 aromatic carbocycles. The van der Waals surface area contributed by atoms with E-state index in [1.54, 1.807) is 36.5 Å². The largest absolute Gasteiger partial charge is 0.349 e. The molecule has 9 heteroatoms. The van der Waals surface area contributed by atoms with Gasteiger partial charge in [-0.1, -0.05) is 17.7 Å². The number of carbonyl (C=O) groups is 1. The van der Waals surface area contributed by atoms with E-state index >= 15 is 0 Å². The van der Waals surface area contributed by atoms with Gasteiger partial charge in [0.05, 0.1) is 0 Å². The molecule has 0 atom stereocenters. The summed E-state index contributed by atoms with van der Waals surface area (Å²) in [5, 5.41) is 2.64. The first kappa shape index (κ1) is 16.9. The summed E-state index contributed by atoms with van der Waals surface area (Å²) in [6.07, 6.45) is 3.58. The normalized spacial score (nSPS) is 14.3. The molecular weight excluding hydrogens is 376 g/mol. The molecule has 0 bridgehead atoms. The van der Waals surface area contributed by atoms with E-state index in [0.29, 0.717) is 16.9 Å². The summed E-state index contributed by atoms with van der Waals surface area (Å²) >= 11 is 6.04. The summed E-state index contributed by atoms with van der Waals surface area (Å²) in [6.45, 7) is 0. The van der Waals surface area contributed by atoms with E-state index in [0.717, 1.165) is 12.8 Å². The Bertz CT molecular complexity index is 1090. The standard InChI is InChI=1S/C17H15ClN4O3S/c18-15-17(22-10-2-1-3-14(22)20-15)26(24,25)21-13-6-4-11(5-7-13)16(23)19-12-8-9-12/h1-7,10,12,21H,8-9H2,(H,19,23). The van der Waals surface area contributed by atoms with Gasteiger partial charge in [0.2, 0.25) is 0 Å². The number of hydrogen-bond acceptors (Lipinski definition) is 4. The van der Waals surface area contributed by atoms with E-state index in [4.69, 9.17) is 11.6 Å². The molecule has 2 N–H and O–H groups in total. The monoisotopic (exact) mass is 390 g/mol. The number of nitrogens with one attached hydrogen (secondary N) is 2. The Morgan fingerprint density at radius 3 is 2.58 bits per heavy atom. The van der Waals surface area contributed by atoms with E-state index in [2.05, 4.69) is 15.0 Å². The van der Waals surface area contributed by atoms with Crippen LogP contribution in [0.15, 0.2) is 53.7 Å². The molecule has 0 radical (unpaired) electrons. The van der Waals surface area contributed by atoms with E-state index in [1.807, 2.05) is 0 Å². The van der Waals surface area contributed by atoms with E-state index < -0.39 is 10.0 Å². The van der Waals surface area contributed by atoms with Crippen molar-refractivity contribution in [1.82, 2.24) is 14.7 Å². The molecule has 0 saturated heterocycles. The number of nitrogens with zero attached hydrogens (tertiary/aromatic N) is 2. The van der Waals surface area contributed by atoms with Crippen molar-refractivity contribution in [2.75, 3.05) is 4.72 Å². The average molecular weight is 391 g/mol. The number of amides is 1. The molecule has 0 spiro atoms. The highest BCUT2D eigenvalue weighted by atomic mass is 35.5. The highest BCUT2D eigenvalue weighted by molar-refractivity contribution is 7.92. The van der Waals surface area contributed by atoms with Gasteiger partial charge in [-0.3, -0.25) is 13.9 Å². The summed E-state index contributed by atoms with van der Waals surface area (Å²) in [4.78, 5) is 16.0. The molecule has 1 amide bonds. The number of rotatable bonds is 5. The third kappa shape index (κ3) is 3.25. The van der Waals surface area contributed by atoms with Crippen LogP contribution in [0.2, 0.25) is 5.15 Å². The third-order valence-corrected chi connectivity index (χ3v) is 5.79. The number of anilines is 1. The van der Waals surface area contributed by atoms with Gasteiger partial charge < -0.3 is 5.32 Å². The van der Waals surface area contributed by atoms with Crippen LogP contribution in [-0.2, 0) is 10.0 Å². The maximum Gasteiger partial charge on any atom is 0.281 e. The molecule has 1 fully saturated rings. The number of pyridine rings is 1. The minimum atomic E-state index is -3.95. The summed E-state index contributed by atoms with van der Waals surface area (Å²) in [7, 11) is -3.95. The van der Waals surface area contributed by atoms with Gasteiger partial charge in [-0.25, -0.2) is 4.98 Å². The van der Waals surface area contributed by atoms with Crippen molar-refractivity contribution >= 4 is 38.9 Å². The zero-order valence-electron chi connectivity index (χ0n) is 13.5. The van der Waals surface area contributed by atoms with Crippen LogP contribution in [0.3, 0.4) is 0 Å². The predicted molar refractivity (Wildman–Crippen MR) is 97.9 cm³/mol. The van der Waals surface area contributed by atoms with E-state index in [9.17, 15) is 13.2 Å². The number of imidazole rings is 1. The number of benzene rings is 1. The molecule has 0 aliphatic heterocycles. The van der Waals surface area contributed by atoms with Crippen molar-refractivity contribution in [3.05, 3.63) is 59.4 Å². The fraction of sp³-hybridized carbons (Fsp3) is 0.176. The smallest absolute Gasteiger partial charge is 0.281 e. The molecule has 134 valence electrons. The van der Waals surface area contributed by atoms with Crippen LogP contribution in [0.25, 0.3) is 5.65 Å². The predicted octanol–water partition coefficient (Wildman–Crippen LogP) is 2.68. The van der Waals surface area contributed by atoms with Gasteiger partial charge in [0, 0.05) is 23.5 Å². The van der Waals surface area contributed by atoms with Gasteiger partial charge in [0.15, 0.2) is 10.2 Å². The second-order valence-electron chi connectivity index (χ2n) is 6.07. The third-order valence-electron chi connectivity index (χ3n) is 4.01. The van der Waals surface area contributed by atoms with Gasteiger partial charge >= 0.3 is 0 Å². The summed E-state index contributed by atoms with van der Waals surface area (Å²) in [5.41, 5.74) is 1.24. The molecule has 2 aromatic heterocycles. The lowest BCUT2D eigenvalue weighted by Gasteiger charge is -2.09. The number of hydrogen-bond donors (Lipinski definition) is 2. The lowest BCUT2D eigenvalue weighted by Crippen LogP contribution is -2.25. The van der Waals surface area contributed by atoms with Crippen LogP contribution in [0, 0.1) is 0 Å². The molecular formula is C17H15ClN4O3S. The van der Waals surface area contributed by atoms with E-state index in [1.165, 1.54) is 16.5 Å². The van der Waals surface area contributed by atoms with Crippen LogP contribution in [0.4, 0.5) is 5.69 Å². The number of carbonyl (C=O) groups excluding carboxylic acids is 1. The average Bonchev–Trinajstić information content (AvgIpc) is 3.33. The Morgan fingerprint density at radius 2 is 1.88 bits per heavy atom. The molecule has 7 nitrogen and oxygen atoms in total. The molecule has 4 rings (SSSR count). The highest BCUT2D eigenvalue weighted by Crippen LogP contribution is 2.25. The van der Waals surface area contributed by atoms with Crippen molar-refractivity contribution in [3.63, 3.8) is 0 Å². The molecule has 0 unspecified atom stereocenters. The Balaban J connectivity index is 1.59. The fourth-order valence-corrected chi connectivity index (χ4v) is 4.28. The van der Waals surface area contributed by atoms with Gasteiger partial charge in [0.25, 0.3) is 15.9 Å². The Hall–Kier alpha value is -2.58. The maximum atomic E-state index is 12.7. The van der Waals surface area contributed by atoms with Crippen molar-refractivity contribution in [2.24, 2.45) is 0 Å². The fourth-order valence-electron chi connectivity index (χ4n) is 2.57. The lowest BCUT2D eigenvalue weighted by molar-refractivity contribution is 0.0951. The topological polar surface area (TPSA) is 92.6 Å².